The summed E-state index contributed by atoms with van der Waals surface area (Å²) in [4.78, 5) is 22.2. The van der Waals surface area contributed by atoms with E-state index in [0.29, 0.717) is 0 Å². The molecule has 0 saturated heterocycles. The van der Waals surface area contributed by atoms with Gasteiger partial charge < -0.3 is 9.84 Å². The lowest BCUT2D eigenvalue weighted by Crippen LogP contribution is -2.17. The second-order valence-electron chi connectivity index (χ2n) is 7.20. The van der Waals surface area contributed by atoms with Crippen LogP contribution in [0.25, 0.3) is 0 Å². The molecule has 0 fully saturated rings. The zero-order valence-corrected chi connectivity index (χ0v) is 17.0. The predicted molar refractivity (Wildman–Crippen MR) is 107 cm³/mol. The Morgan fingerprint density at radius 2 is 1.15 bits per heavy atom. The fraction of sp³-hybridized carbons (Fsp3) is 0.818. The van der Waals surface area contributed by atoms with Crippen LogP contribution in [0.4, 0.5) is 0 Å². The van der Waals surface area contributed by atoms with E-state index in [4.69, 9.17) is 9.84 Å². The van der Waals surface area contributed by atoms with Gasteiger partial charge in [0.2, 0.25) is 0 Å². The van der Waals surface area contributed by atoms with E-state index in [2.05, 4.69) is 13.8 Å². The Kier molecular flexibility index (Phi) is 17.5. The van der Waals surface area contributed by atoms with Crippen molar-refractivity contribution in [2.24, 2.45) is 0 Å². The summed E-state index contributed by atoms with van der Waals surface area (Å²) in [6, 6.07) is 0. The van der Waals surface area contributed by atoms with Gasteiger partial charge in [0.1, 0.15) is 6.10 Å². The molecule has 4 nitrogen and oxygen atoms in total. The summed E-state index contributed by atoms with van der Waals surface area (Å²) in [6.07, 6.45) is 19.7. The van der Waals surface area contributed by atoms with Crippen molar-refractivity contribution in [2.45, 2.75) is 116 Å². The molecule has 0 rings (SSSR count). The molecule has 0 saturated carbocycles. The SMILES string of the molecule is CCCCCCCCCCCCC(CCCCC)OC(=O)C=CC(=O)O. The third-order valence-corrected chi connectivity index (χ3v) is 4.65. The summed E-state index contributed by atoms with van der Waals surface area (Å²) in [7, 11) is 0. The minimum absolute atomic E-state index is 0.0819. The molecule has 0 aromatic carbocycles. The van der Waals surface area contributed by atoms with Gasteiger partial charge in [0.05, 0.1) is 0 Å². The first-order valence-corrected chi connectivity index (χ1v) is 10.7. The molecule has 0 bridgehead atoms. The van der Waals surface area contributed by atoms with Gasteiger partial charge in [-0.25, -0.2) is 9.59 Å². The number of hydrogen-bond acceptors (Lipinski definition) is 3. The monoisotopic (exact) mass is 368 g/mol. The van der Waals surface area contributed by atoms with Crippen molar-refractivity contribution in [1.29, 1.82) is 0 Å². The Bertz CT molecular complexity index is 376. The molecule has 0 aliphatic carbocycles. The van der Waals surface area contributed by atoms with Crippen molar-refractivity contribution in [3.63, 3.8) is 0 Å². The van der Waals surface area contributed by atoms with Crippen LogP contribution in [0.5, 0.6) is 0 Å². The molecular formula is C22H40O4. The minimum atomic E-state index is -1.13. The van der Waals surface area contributed by atoms with Gasteiger partial charge in [0.25, 0.3) is 0 Å². The fourth-order valence-electron chi connectivity index (χ4n) is 3.09. The number of carbonyl (C=O) groups excluding carboxylic acids is 1. The summed E-state index contributed by atoms with van der Waals surface area (Å²) >= 11 is 0. The third kappa shape index (κ3) is 17.5. The van der Waals surface area contributed by atoms with Crippen molar-refractivity contribution in [3.8, 4) is 0 Å². The second-order valence-corrected chi connectivity index (χ2v) is 7.20. The van der Waals surface area contributed by atoms with E-state index in [1.165, 1.54) is 57.8 Å². The van der Waals surface area contributed by atoms with Crippen molar-refractivity contribution in [1.82, 2.24) is 0 Å². The van der Waals surface area contributed by atoms with E-state index in [-0.39, 0.29) is 6.10 Å². The van der Waals surface area contributed by atoms with Crippen LogP contribution in [0.1, 0.15) is 110 Å². The summed E-state index contributed by atoms with van der Waals surface area (Å²) in [5, 5.41) is 8.58. The highest BCUT2D eigenvalue weighted by molar-refractivity contribution is 5.90. The van der Waals surface area contributed by atoms with E-state index < -0.39 is 11.9 Å². The molecule has 0 aliphatic heterocycles. The Labute approximate surface area is 160 Å². The topological polar surface area (TPSA) is 63.6 Å². The molecule has 0 aromatic rings. The lowest BCUT2D eigenvalue weighted by molar-refractivity contribution is -0.144. The molecule has 1 atom stereocenters. The number of ether oxygens (including phenoxy) is 1. The fourth-order valence-corrected chi connectivity index (χ4v) is 3.09. The van der Waals surface area contributed by atoms with Gasteiger partial charge in [-0.2, -0.15) is 0 Å². The van der Waals surface area contributed by atoms with Crippen LogP contribution in [0.2, 0.25) is 0 Å². The van der Waals surface area contributed by atoms with Crippen molar-refractivity contribution in [3.05, 3.63) is 12.2 Å². The molecule has 0 spiro atoms. The molecule has 0 heterocycles. The zero-order valence-electron chi connectivity index (χ0n) is 17.0. The van der Waals surface area contributed by atoms with Crippen LogP contribution in [-0.2, 0) is 14.3 Å². The van der Waals surface area contributed by atoms with Gasteiger partial charge >= 0.3 is 11.9 Å². The number of carbonyl (C=O) groups is 2. The average Bonchev–Trinajstić information content (AvgIpc) is 2.61. The van der Waals surface area contributed by atoms with Crippen LogP contribution in [0.3, 0.4) is 0 Å². The summed E-state index contributed by atoms with van der Waals surface area (Å²) in [5.41, 5.74) is 0. The molecule has 4 heteroatoms. The quantitative estimate of drug-likeness (QED) is 0.172. The maximum atomic E-state index is 11.7. The Balaban J connectivity index is 3.89. The first-order chi connectivity index (χ1) is 12.6. The summed E-state index contributed by atoms with van der Waals surface area (Å²) in [5.74, 6) is -1.67. The number of carboxylic acids is 1. The van der Waals surface area contributed by atoms with Gasteiger partial charge in [0, 0.05) is 12.2 Å². The standard InChI is InChI=1S/C22H40O4/c1-3-5-7-8-9-10-11-12-13-15-17-20(16-14-6-4-2)26-22(25)19-18-21(23)24/h18-20H,3-17H2,1-2H3,(H,23,24). The Morgan fingerprint density at radius 3 is 1.65 bits per heavy atom. The number of rotatable bonds is 18. The Morgan fingerprint density at radius 1 is 0.731 bits per heavy atom. The first-order valence-electron chi connectivity index (χ1n) is 10.7. The van der Waals surface area contributed by atoms with Gasteiger partial charge in [0.15, 0.2) is 0 Å². The van der Waals surface area contributed by atoms with Crippen LogP contribution in [0, 0.1) is 0 Å². The lowest BCUT2D eigenvalue weighted by Gasteiger charge is -2.17. The lowest BCUT2D eigenvalue weighted by atomic mass is 10.0. The number of esters is 1. The smallest absolute Gasteiger partial charge is 0.331 e. The molecule has 0 aromatic heterocycles. The first kappa shape index (κ1) is 24.7. The molecule has 1 unspecified atom stereocenters. The average molecular weight is 369 g/mol. The van der Waals surface area contributed by atoms with Crippen molar-refractivity contribution >= 4 is 11.9 Å². The molecule has 26 heavy (non-hydrogen) atoms. The third-order valence-electron chi connectivity index (χ3n) is 4.65. The van der Waals surface area contributed by atoms with Gasteiger partial charge in [-0.05, 0) is 25.7 Å². The normalized spacial score (nSPS) is 12.4. The maximum absolute atomic E-state index is 11.7. The predicted octanol–water partition coefficient (Wildman–Crippen LogP) is 6.43. The molecule has 0 aliphatic rings. The highest BCUT2D eigenvalue weighted by Gasteiger charge is 2.12. The van der Waals surface area contributed by atoms with Crippen molar-refractivity contribution in [2.75, 3.05) is 0 Å². The van der Waals surface area contributed by atoms with Gasteiger partial charge in [-0.15, -0.1) is 0 Å². The number of hydrogen-bond donors (Lipinski definition) is 1. The van der Waals surface area contributed by atoms with Crippen LogP contribution in [0.15, 0.2) is 12.2 Å². The zero-order chi connectivity index (χ0) is 19.5. The highest BCUT2D eigenvalue weighted by atomic mass is 16.5. The molecule has 0 radical (unpaired) electrons. The van der Waals surface area contributed by atoms with E-state index in [9.17, 15) is 9.59 Å². The van der Waals surface area contributed by atoms with Crippen LogP contribution in [-0.4, -0.2) is 23.1 Å². The van der Waals surface area contributed by atoms with Crippen molar-refractivity contribution < 1.29 is 19.4 Å². The van der Waals surface area contributed by atoms with E-state index in [0.717, 1.165) is 50.7 Å². The number of aliphatic carboxylic acids is 1. The number of unbranched alkanes of at least 4 members (excludes halogenated alkanes) is 11. The van der Waals surface area contributed by atoms with E-state index >= 15 is 0 Å². The molecule has 152 valence electrons. The van der Waals surface area contributed by atoms with Crippen LogP contribution >= 0.6 is 0 Å². The van der Waals surface area contributed by atoms with Gasteiger partial charge in [-0.1, -0.05) is 84.5 Å². The highest BCUT2D eigenvalue weighted by Crippen LogP contribution is 2.16. The second kappa shape index (κ2) is 18.5. The molecule has 0 amide bonds. The molecule has 1 N–H and O–H groups in total. The largest absolute Gasteiger partial charge is 0.478 e. The summed E-state index contributed by atoms with van der Waals surface area (Å²) in [6.45, 7) is 4.40. The van der Waals surface area contributed by atoms with Crippen LogP contribution < -0.4 is 0 Å². The van der Waals surface area contributed by atoms with Gasteiger partial charge in [-0.3, -0.25) is 0 Å². The van der Waals surface area contributed by atoms with E-state index in [1.807, 2.05) is 0 Å². The minimum Gasteiger partial charge on any atom is -0.478 e. The molecular weight excluding hydrogens is 328 g/mol. The number of carboxylic acid groups (broad SMARTS) is 1. The summed E-state index contributed by atoms with van der Waals surface area (Å²) < 4.78 is 5.44. The Hall–Kier alpha value is -1.32. The van der Waals surface area contributed by atoms with E-state index in [1.54, 1.807) is 0 Å². The maximum Gasteiger partial charge on any atom is 0.331 e.